The fourth-order valence-corrected chi connectivity index (χ4v) is 3.53. The minimum absolute atomic E-state index is 0.0689. The zero-order valence-corrected chi connectivity index (χ0v) is 14.7. The zero-order chi connectivity index (χ0) is 17.9. The monoisotopic (exact) mass is 347 g/mol. The number of aryl methyl sites for hydroxylation is 1. The van der Waals surface area contributed by atoms with Gasteiger partial charge in [-0.2, -0.15) is 5.10 Å². The fourth-order valence-electron chi connectivity index (χ4n) is 3.53. The smallest absolute Gasteiger partial charge is 0.266 e. The first-order valence-electron chi connectivity index (χ1n) is 8.88. The topological polar surface area (TPSA) is 63.9 Å². The van der Waals surface area contributed by atoms with Gasteiger partial charge in [0.05, 0.1) is 12.2 Å². The van der Waals surface area contributed by atoms with Crippen molar-refractivity contribution in [3.8, 4) is 11.3 Å². The number of rotatable bonds is 4. The van der Waals surface area contributed by atoms with Crippen LogP contribution < -0.4 is 10.5 Å². The van der Waals surface area contributed by atoms with Gasteiger partial charge in [0.2, 0.25) is 0 Å². The Kier molecular flexibility index (Phi) is 4.48. The minimum atomic E-state index is -0.0689. The van der Waals surface area contributed by atoms with Crippen LogP contribution in [0.2, 0.25) is 0 Å². The van der Waals surface area contributed by atoms with E-state index in [2.05, 4.69) is 26.0 Å². The van der Waals surface area contributed by atoms with E-state index in [0.717, 1.165) is 36.3 Å². The van der Waals surface area contributed by atoms with Gasteiger partial charge in [-0.15, -0.1) is 0 Å². The Balaban J connectivity index is 1.61. The van der Waals surface area contributed by atoms with Crippen LogP contribution in [0, 0.1) is 6.92 Å². The molecule has 3 aromatic heterocycles. The highest BCUT2D eigenvalue weighted by Gasteiger charge is 2.26. The van der Waals surface area contributed by atoms with E-state index in [-0.39, 0.29) is 11.6 Å². The molecule has 0 amide bonds. The van der Waals surface area contributed by atoms with Crippen molar-refractivity contribution in [2.75, 3.05) is 11.4 Å². The maximum absolute atomic E-state index is 12.3. The molecule has 1 aliphatic heterocycles. The molecule has 1 fully saturated rings. The second-order valence-corrected chi connectivity index (χ2v) is 6.62. The van der Waals surface area contributed by atoms with E-state index >= 15 is 0 Å². The molecule has 0 aromatic carbocycles. The first-order chi connectivity index (χ1) is 12.7. The summed E-state index contributed by atoms with van der Waals surface area (Å²) in [6.07, 6.45) is 7.47. The molecule has 4 heterocycles. The predicted octanol–water partition coefficient (Wildman–Crippen LogP) is 2.68. The Hall–Kier alpha value is -3.02. The maximum Gasteiger partial charge on any atom is 0.266 e. The van der Waals surface area contributed by atoms with Gasteiger partial charge in [0.1, 0.15) is 0 Å². The van der Waals surface area contributed by atoms with E-state index in [4.69, 9.17) is 0 Å². The van der Waals surface area contributed by atoms with Crippen molar-refractivity contribution >= 4 is 5.69 Å². The van der Waals surface area contributed by atoms with E-state index in [9.17, 15) is 4.79 Å². The Bertz CT molecular complexity index is 954. The fraction of sp³-hybridized carbons (Fsp3) is 0.300. The molecule has 0 aliphatic carbocycles. The average Bonchev–Trinajstić information content (AvgIpc) is 3.12. The van der Waals surface area contributed by atoms with Crippen molar-refractivity contribution in [3.63, 3.8) is 0 Å². The summed E-state index contributed by atoms with van der Waals surface area (Å²) < 4.78 is 1.59. The number of hydrogen-bond acceptors (Lipinski definition) is 5. The molecule has 6 heteroatoms. The van der Waals surface area contributed by atoms with Crippen LogP contribution in [0.4, 0.5) is 5.69 Å². The Morgan fingerprint density at radius 1 is 1.12 bits per heavy atom. The molecule has 1 aliphatic rings. The van der Waals surface area contributed by atoms with E-state index in [1.54, 1.807) is 29.2 Å². The maximum atomic E-state index is 12.3. The molecule has 0 bridgehead atoms. The van der Waals surface area contributed by atoms with E-state index < -0.39 is 0 Å². The third-order valence-electron chi connectivity index (χ3n) is 4.82. The zero-order valence-electron chi connectivity index (χ0n) is 14.7. The van der Waals surface area contributed by atoms with Crippen molar-refractivity contribution < 1.29 is 0 Å². The summed E-state index contributed by atoms with van der Waals surface area (Å²) in [4.78, 5) is 23.0. The molecule has 0 N–H and O–H groups in total. The SMILES string of the molecule is Cc1cc(N2CCCC2Cn2nc(-c3ccncc3)ccc2=O)ccn1. The van der Waals surface area contributed by atoms with Gasteiger partial charge in [-0.25, -0.2) is 4.68 Å². The van der Waals surface area contributed by atoms with Gasteiger partial charge in [-0.05, 0) is 50.1 Å². The van der Waals surface area contributed by atoms with Crippen molar-refractivity contribution in [2.45, 2.75) is 32.4 Å². The summed E-state index contributed by atoms with van der Waals surface area (Å²) in [7, 11) is 0. The van der Waals surface area contributed by atoms with Crippen molar-refractivity contribution in [2.24, 2.45) is 0 Å². The summed E-state index contributed by atoms with van der Waals surface area (Å²) >= 11 is 0. The van der Waals surface area contributed by atoms with Gasteiger partial charge >= 0.3 is 0 Å². The molecule has 3 aromatic rings. The molecule has 1 atom stereocenters. The molecule has 1 unspecified atom stereocenters. The summed E-state index contributed by atoms with van der Waals surface area (Å²) in [6, 6.07) is 11.6. The normalized spacial score (nSPS) is 16.8. The van der Waals surface area contributed by atoms with Gasteiger partial charge in [0, 0.05) is 54.2 Å². The highest BCUT2D eigenvalue weighted by molar-refractivity contribution is 5.57. The Morgan fingerprint density at radius 2 is 1.96 bits per heavy atom. The summed E-state index contributed by atoms with van der Waals surface area (Å²) in [5, 5.41) is 4.59. The van der Waals surface area contributed by atoms with Gasteiger partial charge in [0.25, 0.3) is 5.56 Å². The third kappa shape index (κ3) is 3.35. The average molecular weight is 347 g/mol. The predicted molar refractivity (Wildman–Crippen MR) is 101 cm³/mol. The largest absolute Gasteiger partial charge is 0.367 e. The standard InChI is InChI=1S/C20H21N5O/c1-15-13-17(8-11-22-15)24-12-2-3-18(24)14-25-20(26)5-4-19(23-25)16-6-9-21-10-7-16/h4-11,13,18H,2-3,12,14H2,1H3. The quantitative estimate of drug-likeness (QED) is 0.726. The lowest BCUT2D eigenvalue weighted by Gasteiger charge is -2.27. The van der Waals surface area contributed by atoms with Crippen LogP contribution in [0.5, 0.6) is 0 Å². The second-order valence-electron chi connectivity index (χ2n) is 6.62. The number of pyridine rings is 2. The molecule has 132 valence electrons. The molecule has 0 radical (unpaired) electrons. The van der Waals surface area contributed by atoms with Gasteiger partial charge < -0.3 is 4.90 Å². The number of aromatic nitrogens is 4. The molecular weight excluding hydrogens is 326 g/mol. The van der Waals surface area contributed by atoms with Crippen molar-refractivity contribution in [3.05, 3.63) is 71.0 Å². The molecule has 6 nitrogen and oxygen atoms in total. The molecule has 0 spiro atoms. The highest BCUT2D eigenvalue weighted by Crippen LogP contribution is 2.26. The lowest BCUT2D eigenvalue weighted by Crippen LogP contribution is -2.37. The van der Waals surface area contributed by atoms with Crippen molar-refractivity contribution in [1.82, 2.24) is 19.7 Å². The number of hydrogen-bond donors (Lipinski definition) is 0. The van der Waals surface area contributed by atoms with Crippen LogP contribution in [-0.4, -0.2) is 32.3 Å². The van der Waals surface area contributed by atoms with Gasteiger partial charge in [-0.1, -0.05) is 0 Å². The first kappa shape index (κ1) is 16.4. The summed E-state index contributed by atoms with van der Waals surface area (Å²) in [5.74, 6) is 0. The minimum Gasteiger partial charge on any atom is -0.367 e. The highest BCUT2D eigenvalue weighted by atomic mass is 16.1. The molecule has 26 heavy (non-hydrogen) atoms. The summed E-state index contributed by atoms with van der Waals surface area (Å²) in [5.41, 5.74) is 3.85. The van der Waals surface area contributed by atoms with Crippen molar-refractivity contribution in [1.29, 1.82) is 0 Å². The summed E-state index contributed by atoms with van der Waals surface area (Å²) in [6.45, 7) is 3.57. The molecule has 4 rings (SSSR count). The van der Waals surface area contributed by atoms with Gasteiger partial charge in [0.15, 0.2) is 0 Å². The lowest BCUT2D eigenvalue weighted by molar-refractivity contribution is 0.490. The lowest BCUT2D eigenvalue weighted by atomic mass is 10.2. The molecular formula is C20H21N5O. The van der Waals surface area contributed by atoms with Crippen LogP contribution in [0.3, 0.4) is 0 Å². The second kappa shape index (κ2) is 7.07. The third-order valence-corrected chi connectivity index (χ3v) is 4.82. The van der Waals surface area contributed by atoms with E-state index in [1.165, 1.54) is 5.69 Å². The Labute approximate surface area is 152 Å². The van der Waals surface area contributed by atoms with E-state index in [1.807, 2.05) is 31.3 Å². The molecule has 0 saturated carbocycles. The van der Waals surface area contributed by atoms with Crippen LogP contribution in [-0.2, 0) is 6.54 Å². The first-order valence-corrected chi connectivity index (χ1v) is 8.88. The van der Waals surface area contributed by atoms with Crippen LogP contribution in [0.25, 0.3) is 11.3 Å². The van der Waals surface area contributed by atoms with Gasteiger partial charge in [-0.3, -0.25) is 14.8 Å². The van der Waals surface area contributed by atoms with E-state index in [0.29, 0.717) is 6.54 Å². The van der Waals surface area contributed by atoms with Crippen LogP contribution in [0.1, 0.15) is 18.5 Å². The number of anilines is 1. The number of nitrogens with zero attached hydrogens (tertiary/aromatic N) is 5. The molecule has 1 saturated heterocycles. The van der Waals surface area contributed by atoms with Crippen LogP contribution >= 0.6 is 0 Å². The Morgan fingerprint density at radius 3 is 2.77 bits per heavy atom. The van der Waals surface area contributed by atoms with Crippen LogP contribution in [0.15, 0.2) is 59.8 Å².